The van der Waals surface area contributed by atoms with E-state index in [0.29, 0.717) is 11.7 Å². The minimum Gasteiger partial charge on any atom is -0.365 e. The smallest absolute Gasteiger partial charge is 0.267 e. The van der Waals surface area contributed by atoms with E-state index in [1.165, 1.54) is 36.0 Å². The summed E-state index contributed by atoms with van der Waals surface area (Å²) in [6, 6.07) is 11.0. The van der Waals surface area contributed by atoms with Crippen molar-refractivity contribution in [3.05, 3.63) is 60.1 Å². The Morgan fingerprint density at radius 1 is 1.25 bits per heavy atom. The van der Waals surface area contributed by atoms with Gasteiger partial charge in [0.15, 0.2) is 0 Å². The van der Waals surface area contributed by atoms with Crippen LogP contribution < -0.4 is 10.8 Å². The number of anilines is 1. The van der Waals surface area contributed by atoms with Crippen LogP contribution in [0.1, 0.15) is 30.5 Å². The summed E-state index contributed by atoms with van der Waals surface area (Å²) in [6.07, 6.45) is 10.5. The maximum absolute atomic E-state index is 11.0. The van der Waals surface area contributed by atoms with Crippen molar-refractivity contribution in [2.75, 3.05) is 25.0 Å². The van der Waals surface area contributed by atoms with Crippen molar-refractivity contribution < 1.29 is 10.0 Å². The molecule has 0 radical (unpaired) electrons. The number of aromatic nitrogens is 2. The average Bonchev–Trinajstić information content (AvgIpc) is 2.74. The van der Waals surface area contributed by atoms with Crippen LogP contribution in [0.4, 0.5) is 5.82 Å². The summed E-state index contributed by atoms with van der Waals surface area (Å²) in [5.74, 6) is 0.137. The molecule has 3 N–H and O–H groups in total. The van der Waals surface area contributed by atoms with Gasteiger partial charge in [-0.05, 0) is 50.4 Å². The summed E-state index contributed by atoms with van der Waals surface area (Å²) in [5.41, 5.74) is 3.49. The standard InChI is InChI=1S/C21H27N5O2/c27-21(25-28)11-10-18-14-23-20(15-22-18)24-19-9-5-13-26(16-19)12-4-8-17-6-2-1-3-7-17/h1-3,6-7,10-11,14-15,19,28H,4-5,8-9,12-13,16H2,(H,23,24)(H,25,27)/t19-/m1/s1. The number of piperidine rings is 1. The molecular weight excluding hydrogens is 354 g/mol. The largest absolute Gasteiger partial charge is 0.365 e. The molecule has 1 fully saturated rings. The van der Waals surface area contributed by atoms with Gasteiger partial charge in [-0.25, -0.2) is 10.5 Å². The van der Waals surface area contributed by atoms with Gasteiger partial charge in [-0.1, -0.05) is 30.3 Å². The summed E-state index contributed by atoms with van der Waals surface area (Å²) < 4.78 is 0. The molecule has 7 nitrogen and oxygen atoms in total. The highest BCUT2D eigenvalue weighted by Crippen LogP contribution is 2.15. The van der Waals surface area contributed by atoms with E-state index >= 15 is 0 Å². The van der Waals surface area contributed by atoms with E-state index < -0.39 is 5.91 Å². The lowest BCUT2D eigenvalue weighted by Gasteiger charge is -2.33. The van der Waals surface area contributed by atoms with Gasteiger partial charge < -0.3 is 10.2 Å². The monoisotopic (exact) mass is 381 g/mol. The Morgan fingerprint density at radius 2 is 2.11 bits per heavy atom. The number of likely N-dealkylation sites (tertiary alicyclic amines) is 1. The molecule has 2 heterocycles. The first-order chi connectivity index (χ1) is 13.7. The Balaban J connectivity index is 1.44. The van der Waals surface area contributed by atoms with E-state index in [1.807, 2.05) is 0 Å². The molecule has 28 heavy (non-hydrogen) atoms. The van der Waals surface area contributed by atoms with Crippen molar-refractivity contribution >= 4 is 17.8 Å². The van der Waals surface area contributed by atoms with Crippen LogP contribution in [0.25, 0.3) is 6.08 Å². The quantitative estimate of drug-likeness (QED) is 0.370. The zero-order valence-corrected chi connectivity index (χ0v) is 15.9. The second-order valence-corrected chi connectivity index (χ2v) is 7.01. The molecule has 7 heteroatoms. The van der Waals surface area contributed by atoms with Gasteiger partial charge in [0.25, 0.3) is 5.91 Å². The molecule has 0 spiro atoms. The number of amides is 1. The fourth-order valence-electron chi connectivity index (χ4n) is 3.43. The molecule has 0 saturated carbocycles. The summed E-state index contributed by atoms with van der Waals surface area (Å²) >= 11 is 0. The van der Waals surface area contributed by atoms with Crippen molar-refractivity contribution in [2.24, 2.45) is 0 Å². The molecule has 0 aliphatic carbocycles. The SMILES string of the molecule is O=C(C=Cc1cnc(N[C@@H]2CCCN(CCCc3ccccc3)C2)cn1)NO. The van der Waals surface area contributed by atoms with Crippen LogP contribution in [0.15, 0.2) is 48.8 Å². The fraction of sp³-hybridized carbons (Fsp3) is 0.381. The molecule has 1 atom stereocenters. The first-order valence-electron chi connectivity index (χ1n) is 9.70. The number of hydroxylamine groups is 1. The van der Waals surface area contributed by atoms with Gasteiger partial charge in [-0.3, -0.25) is 15.0 Å². The highest BCUT2D eigenvalue weighted by atomic mass is 16.5. The predicted octanol–water partition coefficient (Wildman–Crippen LogP) is 2.50. The second kappa shape index (κ2) is 10.5. The Labute approximate surface area is 165 Å². The van der Waals surface area contributed by atoms with E-state index in [2.05, 4.69) is 50.5 Å². The van der Waals surface area contributed by atoms with Crippen LogP contribution in [0.2, 0.25) is 0 Å². The van der Waals surface area contributed by atoms with Gasteiger partial charge in [0.05, 0.1) is 18.1 Å². The Bertz CT molecular complexity index is 764. The van der Waals surface area contributed by atoms with Gasteiger partial charge >= 0.3 is 0 Å². The van der Waals surface area contributed by atoms with Crippen LogP contribution in [0.5, 0.6) is 0 Å². The molecule has 1 aromatic carbocycles. The molecule has 1 aliphatic rings. The van der Waals surface area contributed by atoms with E-state index in [9.17, 15) is 4.79 Å². The number of carbonyl (C=O) groups is 1. The van der Waals surface area contributed by atoms with Gasteiger partial charge in [0, 0.05) is 18.7 Å². The summed E-state index contributed by atoms with van der Waals surface area (Å²) in [4.78, 5) is 22.1. The Kier molecular flexibility index (Phi) is 7.52. The number of nitrogens with zero attached hydrogens (tertiary/aromatic N) is 3. The van der Waals surface area contributed by atoms with E-state index in [0.717, 1.165) is 38.3 Å². The molecule has 0 bridgehead atoms. The van der Waals surface area contributed by atoms with Crippen molar-refractivity contribution in [3.63, 3.8) is 0 Å². The number of benzene rings is 1. The highest BCUT2D eigenvalue weighted by Gasteiger charge is 2.19. The number of carbonyl (C=O) groups excluding carboxylic acids is 1. The lowest BCUT2D eigenvalue weighted by molar-refractivity contribution is -0.124. The third-order valence-electron chi connectivity index (χ3n) is 4.83. The van der Waals surface area contributed by atoms with E-state index in [-0.39, 0.29) is 0 Å². The molecule has 1 amide bonds. The molecule has 1 aliphatic heterocycles. The van der Waals surface area contributed by atoms with Crippen molar-refractivity contribution in [2.45, 2.75) is 31.7 Å². The number of nitrogens with one attached hydrogen (secondary N) is 2. The maximum atomic E-state index is 11.0. The number of aryl methyl sites for hydroxylation is 1. The van der Waals surface area contributed by atoms with Crippen LogP contribution in [-0.4, -0.2) is 51.7 Å². The molecule has 1 saturated heterocycles. The van der Waals surface area contributed by atoms with Gasteiger partial charge in [0.1, 0.15) is 5.82 Å². The highest BCUT2D eigenvalue weighted by molar-refractivity contribution is 5.90. The number of hydrogen-bond donors (Lipinski definition) is 3. The average molecular weight is 381 g/mol. The Hall–Kier alpha value is -2.77. The van der Waals surface area contributed by atoms with E-state index in [4.69, 9.17) is 5.21 Å². The Morgan fingerprint density at radius 3 is 2.86 bits per heavy atom. The van der Waals surface area contributed by atoms with Crippen molar-refractivity contribution in [1.29, 1.82) is 0 Å². The van der Waals surface area contributed by atoms with Crippen LogP contribution >= 0.6 is 0 Å². The minimum atomic E-state index is -0.599. The summed E-state index contributed by atoms with van der Waals surface area (Å²) in [6.45, 7) is 3.26. The lowest BCUT2D eigenvalue weighted by Crippen LogP contribution is -2.42. The van der Waals surface area contributed by atoms with Gasteiger partial charge in [-0.15, -0.1) is 0 Å². The first kappa shape index (κ1) is 20.0. The lowest BCUT2D eigenvalue weighted by atomic mass is 10.0. The molecule has 2 aromatic rings. The van der Waals surface area contributed by atoms with Crippen LogP contribution in [0, 0.1) is 0 Å². The zero-order chi connectivity index (χ0) is 19.6. The molecule has 3 rings (SSSR count). The van der Waals surface area contributed by atoms with E-state index in [1.54, 1.807) is 12.4 Å². The third-order valence-corrected chi connectivity index (χ3v) is 4.83. The maximum Gasteiger partial charge on any atom is 0.267 e. The number of rotatable bonds is 8. The molecule has 148 valence electrons. The van der Waals surface area contributed by atoms with Gasteiger partial charge in [0.2, 0.25) is 0 Å². The zero-order valence-electron chi connectivity index (χ0n) is 15.9. The van der Waals surface area contributed by atoms with Crippen LogP contribution in [-0.2, 0) is 11.2 Å². The summed E-state index contributed by atoms with van der Waals surface area (Å²) in [5, 5.41) is 11.9. The molecule has 0 unspecified atom stereocenters. The van der Waals surface area contributed by atoms with Crippen molar-refractivity contribution in [1.82, 2.24) is 20.3 Å². The summed E-state index contributed by atoms with van der Waals surface area (Å²) in [7, 11) is 0. The molecular formula is C21H27N5O2. The molecule has 1 aromatic heterocycles. The third kappa shape index (κ3) is 6.44. The number of hydrogen-bond acceptors (Lipinski definition) is 6. The fourth-order valence-corrected chi connectivity index (χ4v) is 3.43. The minimum absolute atomic E-state index is 0.362. The second-order valence-electron chi connectivity index (χ2n) is 7.01. The first-order valence-corrected chi connectivity index (χ1v) is 9.70. The van der Waals surface area contributed by atoms with Gasteiger partial charge in [-0.2, -0.15) is 0 Å². The van der Waals surface area contributed by atoms with Crippen LogP contribution in [0.3, 0.4) is 0 Å². The van der Waals surface area contributed by atoms with Crippen molar-refractivity contribution in [3.8, 4) is 0 Å². The normalized spacial score (nSPS) is 17.5. The topological polar surface area (TPSA) is 90.4 Å². The predicted molar refractivity (Wildman–Crippen MR) is 109 cm³/mol.